The van der Waals surface area contributed by atoms with Gasteiger partial charge in [-0.2, -0.15) is 0 Å². The van der Waals surface area contributed by atoms with E-state index in [0.29, 0.717) is 6.54 Å². The minimum atomic E-state index is -0.268. The number of nitrogens with one attached hydrogen (secondary N) is 2. The number of benzene rings is 1. The second kappa shape index (κ2) is 5.60. The Morgan fingerprint density at radius 1 is 1.53 bits per heavy atom. The molecule has 17 heavy (non-hydrogen) atoms. The van der Waals surface area contributed by atoms with Crippen LogP contribution in [-0.4, -0.2) is 18.5 Å². The molecule has 1 aromatic rings. The summed E-state index contributed by atoms with van der Waals surface area (Å²) in [6.45, 7) is 1.32. The normalized spacial score (nSPS) is 20.1. The highest BCUT2D eigenvalue weighted by Gasteiger charge is 2.21. The van der Waals surface area contributed by atoms with Crippen LogP contribution in [0, 0.1) is 5.82 Å². The number of piperidine rings is 1. The molecule has 0 aliphatic carbocycles. The molecule has 1 aromatic carbocycles. The number of carbonyl (C=O) groups is 1. The molecule has 1 aliphatic rings. The summed E-state index contributed by atoms with van der Waals surface area (Å²) in [5.74, 6) is -0.217. The largest absolute Gasteiger partial charge is 0.355 e. The molecule has 92 valence electrons. The molecular weight excluding hydrogens is 287 g/mol. The van der Waals surface area contributed by atoms with Gasteiger partial charge in [0.2, 0.25) is 5.91 Å². The van der Waals surface area contributed by atoms with Gasteiger partial charge in [0.05, 0.1) is 6.04 Å². The van der Waals surface area contributed by atoms with Crippen LogP contribution in [0.1, 0.15) is 18.4 Å². The molecule has 2 N–H and O–H groups in total. The summed E-state index contributed by atoms with van der Waals surface area (Å²) in [5, 5.41) is 6.00. The zero-order chi connectivity index (χ0) is 12.3. The van der Waals surface area contributed by atoms with Crippen molar-refractivity contribution >= 4 is 21.8 Å². The number of amides is 1. The maximum atomic E-state index is 12.9. The molecule has 1 aliphatic heterocycles. The van der Waals surface area contributed by atoms with Crippen molar-refractivity contribution in [1.29, 1.82) is 0 Å². The molecule has 1 unspecified atom stereocenters. The molecule has 0 radical (unpaired) electrons. The molecule has 0 aromatic heterocycles. The van der Waals surface area contributed by atoms with Crippen LogP contribution >= 0.6 is 15.9 Å². The first kappa shape index (κ1) is 12.5. The van der Waals surface area contributed by atoms with Crippen molar-refractivity contribution in [1.82, 2.24) is 10.6 Å². The molecule has 1 fully saturated rings. The summed E-state index contributed by atoms with van der Waals surface area (Å²) < 4.78 is 13.6. The van der Waals surface area contributed by atoms with Crippen LogP contribution in [0.15, 0.2) is 22.7 Å². The lowest BCUT2D eigenvalue weighted by atomic mass is 10.1. The molecular formula is C12H14BrFN2O. The molecule has 5 heteroatoms. The average molecular weight is 301 g/mol. The third-order valence-corrected chi connectivity index (χ3v) is 3.58. The fourth-order valence-corrected chi connectivity index (χ4v) is 2.36. The minimum absolute atomic E-state index is 0.0504. The predicted octanol–water partition coefficient (Wildman–Crippen LogP) is 1.96. The van der Waals surface area contributed by atoms with Crippen LogP contribution < -0.4 is 10.6 Å². The zero-order valence-electron chi connectivity index (χ0n) is 9.30. The van der Waals surface area contributed by atoms with Crippen LogP contribution in [0.2, 0.25) is 0 Å². The standard InChI is InChI=1S/C12H14BrFN2O/c13-10-6-9(14)4-3-8(10)7-16-11-2-1-5-15-12(11)17/h3-4,6,11,16H,1-2,5,7H2,(H,15,17). The SMILES string of the molecule is O=C1NCCCC1NCc1ccc(F)cc1Br. The van der Waals surface area contributed by atoms with Gasteiger partial charge in [0.1, 0.15) is 5.82 Å². The number of hydrogen-bond donors (Lipinski definition) is 2. The predicted molar refractivity (Wildman–Crippen MR) is 67.0 cm³/mol. The van der Waals surface area contributed by atoms with Gasteiger partial charge >= 0.3 is 0 Å². The maximum Gasteiger partial charge on any atom is 0.237 e. The van der Waals surface area contributed by atoms with Crippen molar-refractivity contribution in [3.05, 3.63) is 34.1 Å². The fraction of sp³-hybridized carbons (Fsp3) is 0.417. The highest BCUT2D eigenvalue weighted by Crippen LogP contribution is 2.18. The van der Waals surface area contributed by atoms with E-state index in [-0.39, 0.29) is 17.8 Å². The van der Waals surface area contributed by atoms with Crippen molar-refractivity contribution in [2.75, 3.05) is 6.54 Å². The zero-order valence-corrected chi connectivity index (χ0v) is 10.9. The number of rotatable bonds is 3. The van der Waals surface area contributed by atoms with Gasteiger partial charge in [0.15, 0.2) is 0 Å². The Morgan fingerprint density at radius 2 is 2.35 bits per heavy atom. The van der Waals surface area contributed by atoms with Gasteiger partial charge in [0, 0.05) is 17.6 Å². The summed E-state index contributed by atoms with van der Waals surface area (Å²) >= 11 is 3.31. The maximum absolute atomic E-state index is 12.9. The summed E-state index contributed by atoms with van der Waals surface area (Å²) in [6, 6.07) is 4.43. The first-order valence-electron chi connectivity index (χ1n) is 5.62. The molecule has 2 rings (SSSR count). The highest BCUT2D eigenvalue weighted by atomic mass is 79.9. The Kier molecular flexibility index (Phi) is 4.12. The first-order valence-corrected chi connectivity index (χ1v) is 6.41. The van der Waals surface area contributed by atoms with Gasteiger partial charge in [0.25, 0.3) is 0 Å². The van der Waals surface area contributed by atoms with Crippen molar-refractivity contribution < 1.29 is 9.18 Å². The highest BCUT2D eigenvalue weighted by molar-refractivity contribution is 9.10. The van der Waals surface area contributed by atoms with E-state index in [1.807, 2.05) is 0 Å². The van der Waals surface area contributed by atoms with Gasteiger partial charge in [-0.25, -0.2) is 4.39 Å². The van der Waals surface area contributed by atoms with Gasteiger partial charge in [-0.1, -0.05) is 22.0 Å². The Bertz CT molecular complexity index is 425. The minimum Gasteiger partial charge on any atom is -0.355 e. The average Bonchev–Trinajstić information content (AvgIpc) is 2.30. The molecule has 1 atom stereocenters. The number of halogens is 2. The van der Waals surface area contributed by atoms with E-state index >= 15 is 0 Å². The van der Waals surface area contributed by atoms with Crippen molar-refractivity contribution in [3.8, 4) is 0 Å². The molecule has 0 saturated carbocycles. The Labute approximate surface area is 108 Å². The summed E-state index contributed by atoms with van der Waals surface area (Å²) in [5.41, 5.74) is 0.949. The van der Waals surface area contributed by atoms with Crippen LogP contribution in [0.25, 0.3) is 0 Å². The van der Waals surface area contributed by atoms with E-state index in [1.165, 1.54) is 12.1 Å². The van der Waals surface area contributed by atoms with Crippen molar-refractivity contribution in [3.63, 3.8) is 0 Å². The molecule has 0 bridgehead atoms. The Hall–Kier alpha value is -0.940. The van der Waals surface area contributed by atoms with Gasteiger partial charge in [-0.3, -0.25) is 4.79 Å². The third-order valence-electron chi connectivity index (χ3n) is 2.84. The smallest absolute Gasteiger partial charge is 0.237 e. The quantitative estimate of drug-likeness (QED) is 0.896. The number of carbonyl (C=O) groups excluding carboxylic acids is 1. The van der Waals surface area contributed by atoms with Crippen LogP contribution in [-0.2, 0) is 11.3 Å². The van der Waals surface area contributed by atoms with Crippen molar-refractivity contribution in [2.45, 2.75) is 25.4 Å². The van der Waals surface area contributed by atoms with E-state index in [2.05, 4.69) is 26.6 Å². The van der Waals surface area contributed by atoms with Gasteiger partial charge in [-0.05, 0) is 30.5 Å². The summed E-state index contributed by atoms with van der Waals surface area (Å²) in [6.07, 6.45) is 1.85. The monoisotopic (exact) mass is 300 g/mol. The molecule has 0 spiro atoms. The second-order valence-electron chi connectivity index (χ2n) is 4.10. The molecule has 1 saturated heterocycles. The molecule has 1 heterocycles. The van der Waals surface area contributed by atoms with Crippen LogP contribution in [0.4, 0.5) is 4.39 Å². The van der Waals surface area contributed by atoms with Crippen LogP contribution in [0.3, 0.4) is 0 Å². The lowest BCUT2D eigenvalue weighted by Crippen LogP contribution is -2.47. The summed E-state index contributed by atoms with van der Waals surface area (Å²) in [4.78, 5) is 11.5. The molecule has 3 nitrogen and oxygen atoms in total. The Morgan fingerprint density at radius 3 is 3.06 bits per heavy atom. The third kappa shape index (κ3) is 3.26. The van der Waals surface area contributed by atoms with E-state index in [9.17, 15) is 9.18 Å². The first-order chi connectivity index (χ1) is 8.16. The lowest BCUT2D eigenvalue weighted by molar-refractivity contribution is -0.124. The summed E-state index contributed by atoms with van der Waals surface area (Å²) in [7, 11) is 0. The Balaban J connectivity index is 1.95. The number of hydrogen-bond acceptors (Lipinski definition) is 2. The van der Waals surface area contributed by atoms with Gasteiger partial charge < -0.3 is 10.6 Å². The van der Waals surface area contributed by atoms with E-state index in [4.69, 9.17) is 0 Å². The topological polar surface area (TPSA) is 41.1 Å². The van der Waals surface area contributed by atoms with E-state index < -0.39 is 0 Å². The second-order valence-corrected chi connectivity index (χ2v) is 4.96. The van der Waals surface area contributed by atoms with E-state index in [0.717, 1.165) is 29.4 Å². The van der Waals surface area contributed by atoms with Gasteiger partial charge in [-0.15, -0.1) is 0 Å². The molecule has 1 amide bonds. The van der Waals surface area contributed by atoms with E-state index in [1.54, 1.807) is 6.07 Å². The van der Waals surface area contributed by atoms with Crippen molar-refractivity contribution in [2.24, 2.45) is 0 Å². The fourth-order valence-electron chi connectivity index (χ4n) is 1.87. The van der Waals surface area contributed by atoms with Crippen LogP contribution in [0.5, 0.6) is 0 Å². The lowest BCUT2D eigenvalue weighted by Gasteiger charge is -2.23.